The van der Waals surface area contributed by atoms with Gasteiger partial charge in [0.1, 0.15) is 18.7 Å². The number of rotatable bonds is 17. The summed E-state index contributed by atoms with van der Waals surface area (Å²) in [5.41, 5.74) is 1.84. The van der Waals surface area contributed by atoms with Crippen molar-refractivity contribution in [2.24, 2.45) is 5.92 Å². The average molecular weight is 633 g/mol. The first-order valence-electron chi connectivity index (χ1n) is 13.9. The number of benzene rings is 2. The summed E-state index contributed by atoms with van der Waals surface area (Å²) in [6.45, 7) is 7.26. The maximum absolute atomic E-state index is 13.5. The minimum Gasteiger partial charge on any atom is -0.459 e. The minimum atomic E-state index is -1.10. The molecule has 0 bridgehead atoms. The molecule has 0 heterocycles. The van der Waals surface area contributed by atoms with Gasteiger partial charge in [0, 0.05) is 12.3 Å². The summed E-state index contributed by atoms with van der Waals surface area (Å²) < 4.78 is 11.2. The maximum atomic E-state index is 13.5. The number of hydrogen-bond acceptors (Lipinski definition) is 6. The Bertz CT molecular complexity index is 1100. The predicted molar refractivity (Wildman–Crippen MR) is 161 cm³/mol. The SMILES string of the molecule is CC(=O)N[C@@H](CCc1ccccc1)C(=O)N[C@@H](CC(C)C)C(=O)N[C@H](C(=O)OCc1ccccc1)[C@@H](C)OCCBr. The van der Waals surface area contributed by atoms with Gasteiger partial charge in [-0.15, -0.1) is 0 Å². The second-order valence-corrected chi connectivity index (χ2v) is 11.1. The molecule has 2 aromatic carbocycles. The molecule has 0 fully saturated rings. The van der Waals surface area contributed by atoms with Gasteiger partial charge < -0.3 is 25.4 Å². The Kier molecular flexibility index (Phi) is 15.1. The minimum absolute atomic E-state index is 0.0448. The number of carbonyl (C=O) groups is 4. The Balaban J connectivity index is 2.16. The molecule has 2 aromatic rings. The van der Waals surface area contributed by atoms with Crippen molar-refractivity contribution in [1.29, 1.82) is 0 Å². The highest BCUT2D eigenvalue weighted by Crippen LogP contribution is 2.11. The number of carbonyl (C=O) groups excluding carboxylic acids is 4. The van der Waals surface area contributed by atoms with Crippen molar-refractivity contribution in [3.63, 3.8) is 0 Å². The fourth-order valence-electron chi connectivity index (χ4n) is 4.21. The quantitative estimate of drug-likeness (QED) is 0.181. The first kappa shape index (κ1) is 34.0. The van der Waals surface area contributed by atoms with E-state index in [2.05, 4.69) is 31.9 Å². The predicted octanol–water partition coefficient (Wildman–Crippen LogP) is 3.68. The van der Waals surface area contributed by atoms with Gasteiger partial charge in [-0.05, 0) is 43.2 Å². The number of aryl methyl sites for hydroxylation is 1. The van der Waals surface area contributed by atoms with Crippen LogP contribution in [0.1, 0.15) is 51.7 Å². The van der Waals surface area contributed by atoms with Crippen molar-refractivity contribution in [1.82, 2.24) is 16.0 Å². The van der Waals surface area contributed by atoms with Crippen LogP contribution in [0.2, 0.25) is 0 Å². The molecule has 224 valence electrons. The van der Waals surface area contributed by atoms with Crippen LogP contribution >= 0.6 is 15.9 Å². The fourth-order valence-corrected chi connectivity index (χ4v) is 4.40. The van der Waals surface area contributed by atoms with Gasteiger partial charge in [-0.25, -0.2) is 4.79 Å². The van der Waals surface area contributed by atoms with E-state index in [0.29, 0.717) is 31.2 Å². The van der Waals surface area contributed by atoms with Crippen LogP contribution in [-0.4, -0.2) is 59.9 Å². The summed E-state index contributed by atoms with van der Waals surface area (Å²) >= 11 is 3.31. The number of nitrogens with one attached hydrogen (secondary N) is 3. The summed E-state index contributed by atoms with van der Waals surface area (Å²) in [5.74, 6) is -1.93. The maximum Gasteiger partial charge on any atom is 0.331 e. The molecule has 0 aliphatic carbocycles. The highest BCUT2D eigenvalue weighted by molar-refractivity contribution is 9.09. The van der Waals surface area contributed by atoms with E-state index >= 15 is 0 Å². The van der Waals surface area contributed by atoms with Crippen LogP contribution in [0.4, 0.5) is 0 Å². The zero-order valence-corrected chi connectivity index (χ0v) is 25.8. The van der Waals surface area contributed by atoms with Crippen molar-refractivity contribution in [3.8, 4) is 0 Å². The van der Waals surface area contributed by atoms with E-state index in [1.54, 1.807) is 6.92 Å². The Morgan fingerprint density at radius 1 is 0.805 bits per heavy atom. The van der Waals surface area contributed by atoms with E-state index < -0.39 is 42.0 Å². The van der Waals surface area contributed by atoms with Crippen molar-refractivity contribution in [3.05, 3.63) is 71.8 Å². The number of alkyl halides is 1. The van der Waals surface area contributed by atoms with Crippen LogP contribution < -0.4 is 16.0 Å². The van der Waals surface area contributed by atoms with Crippen molar-refractivity contribution >= 4 is 39.6 Å². The lowest BCUT2D eigenvalue weighted by atomic mass is 10.0. The van der Waals surface area contributed by atoms with Gasteiger partial charge in [0.15, 0.2) is 6.04 Å². The molecule has 0 radical (unpaired) electrons. The average Bonchev–Trinajstić information content (AvgIpc) is 2.95. The molecule has 9 nitrogen and oxygen atoms in total. The molecule has 0 saturated carbocycles. The molecule has 41 heavy (non-hydrogen) atoms. The number of hydrogen-bond donors (Lipinski definition) is 3. The number of esters is 1. The first-order valence-corrected chi connectivity index (χ1v) is 15.0. The summed E-state index contributed by atoms with van der Waals surface area (Å²) in [7, 11) is 0. The van der Waals surface area contributed by atoms with E-state index in [-0.39, 0.29) is 18.4 Å². The first-order chi connectivity index (χ1) is 19.6. The Labute approximate surface area is 251 Å². The molecule has 0 aromatic heterocycles. The van der Waals surface area contributed by atoms with Crippen LogP contribution in [0, 0.1) is 5.92 Å². The van der Waals surface area contributed by atoms with Gasteiger partial charge in [-0.2, -0.15) is 0 Å². The lowest BCUT2D eigenvalue weighted by Crippen LogP contribution is -2.58. The van der Waals surface area contributed by atoms with Gasteiger partial charge in [0.25, 0.3) is 0 Å². The summed E-state index contributed by atoms with van der Waals surface area (Å²) in [6.07, 6.45) is 0.564. The highest BCUT2D eigenvalue weighted by Gasteiger charge is 2.33. The number of amides is 3. The van der Waals surface area contributed by atoms with E-state index in [4.69, 9.17) is 9.47 Å². The number of ether oxygens (including phenoxy) is 2. The second kappa shape index (κ2) is 18.2. The third-order valence-corrected chi connectivity index (χ3v) is 6.63. The van der Waals surface area contributed by atoms with Crippen molar-refractivity contribution < 1.29 is 28.7 Å². The Morgan fingerprint density at radius 3 is 1.95 bits per heavy atom. The van der Waals surface area contributed by atoms with E-state index in [0.717, 1.165) is 11.1 Å². The van der Waals surface area contributed by atoms with Crippen LogP contribution in [0.3, 0.4) is 0 Å². The molecule has 2 rings (SSSR count). The fraction of sp³-hybridized carbons (Fsp3) is 0.484. The molecule has 0 saturated heterocycles. The second-order valence-electron chi connectivity index (χ2n) is 10.3. The third-order valence-electron chi connectivity index (χ3n) is 6.30. The van der Waals surface area contributed by atoms with Crippen molar-refractivity contribution in [2.45, 2.75) is 77.8 Å². The van der Waals surface area contributed by atoms with Crippen molar-refractivity contribution in [2.75, 3.05) is 11.9 Å². The molecule has 4 atom stereocenters. The molecule has 3 N–H and O–H groups in total. The topological polar surface area (TPSA) is 123 Å². The van der Waals surface area contributed by atoms with Gasteiger partial charge in [0.05, 0.1) is 12.7 Å². The van der Waals surface area contributed by atoms with Gasteiger partial charge >= 0.3 is 5.97 Å². The largest absolute Gasteiger partial charge is 0.459 e. The standard InChI is InChI=1S/C31H42BrN3O6/c1-21(2)19-27(34-29(37)26(33-23(4)36)16-15-24-11-7-5-8-12-24)30(38)35-28(22(3)40-18-17-32)31(39)41-20-25-13-9-6-10-14-25/h5-14,21-22,26-28H,15-20H2,1-4H3,(H,33,36)(H,34,37)(H,35,38)/t22-,26+,27+,28+/m1/s1. The molecule has 0 aliphatic rings. The van der Waals surface area contributed by atoms with Gasteiger partial charge in [-0.1, -0.05) is 90.4 Å². The highest BCUT2D eigenvalue weighted by atomic mass is 79.9. The molecule has 0 unspecified atom stereocenters. The van der Waals surface area contributed by atoms with Crippen LogP contribution in [-0.2, 0) is 41.7 Å². The molecule has 3 amide bonds. The normalized spacial score (nSPS) is 13.9. The zero-order chi connectivity index (χ0) is 30.2. The smallest absolute Gasteiger partial charge is 0.331 e. The number of halogens is 1. The summed E-state index contributed by atoms with van der Waals surface area (Å²) in [4.78, 5) is 51.8. The third kappa shape index (κ3) is 12.9. The monoisotopic (exact) mass is 631 g/mol. The zero-order valence-electron chi connectivity index (χ0n) is 24.2. The van der Waals surface area contributed by atoms with E-state index in [9.17, 15) is 19.2 Å². The van der Waals surface area contributed by atoms with Gasteiger partial charge in [-0.3, -0.25) is 14.4 Å². The molecular weight excluding hydrogens is 590 g/mol. The molecule has 0 spiro atoms. The Morgan fingerprint density at radius 2 is 1.39 bits per heavy atom. The lowest BCUT2D eigenvalue weighted by Gasteiger charge is -2.28. The van der Waals surface area contributed by atoms with Gasteiger partial charge in [0.2, 0.25) is 17.7 Å². The van der Waals surface area contributed by atoms with Crippen LogP contribution in [0.5, 0.6) is 0 Å². The Hall–Kier alpha value is -3.24. The van der Waals surface area contributed by atoms with E-state index in [1.807, 2.05) is 74.5 Å². The molecular formula is C31H42BrN3O6. The van der Waals surface area contributed by atoms with Crippen LogP contribution in [0.15, 0.2) is 60.7 Å². The van der Waals surface area contributed by atoms with Crippen LogP contribution in [0.25, 0.3) is 0 Å². The summed E-state index contributed by atoms with van der Waals surface area (Å²) in [5, 5.41) is 8.81. The summed E-state index contributed by atoms with van der Waals surface area (Å²) in [6, 6.07) is 16.0. The molecule has 0 aliphatic heterocycles. The van der Waals surface area contributed by atoms with E-state index in [1.165, 1.54) is 6.92 Å². The lowest BCUT2D eigenvalue weighted by molar-refractivity contribution is -0.153. The molecule has 10 heteroatoms.